The first-order chi connectivity index (χ1) is 14.7. The van der Waals surface area contributed by atoms with E-state index in [9.17, 15) is 0 Å². The van der Waals surface area contributed by atoms with Gasteiger partial charge in [0.2, 0.25) is 5.95 Å². The van der Waals surface area contributed by atoms with Crippen LogP contribution in [0.4, 0.5) is 5.95 Å². The molecule has 148 valence electrons. The number of benzene rings is 3. The van der Waals surface area contributed by atoms with E-state index in [1.165, 1.54) is 0 Å². The molecule has 3 aromatic carbocycles. The largest absolute Gasteiger partial charge is 0.342 e. The van der Waals surface area contributed by atoms with Crippen molar-refractivity contribution in [3.63, 3.8) is 0 Å². The van der Waals surface area contributed by atoms with Crippen molar-refractivity contribution in [2.75, 3.05) is 5.43 Å². The Balaban J connectivity index is 1.43. The summed E-state index contributed by atoms with van der Waals surface area (Å²) in [4.78, 5) is 7.67. The van der Waals surface area contributed by atoms with Crippen LogP contribution in [0.5, 0.6) is 0 Å². The van der Waals surface area contributed by atoms with E-state index in [0.717, 1.165) is 33.1 Å². The molecule has 0 saturated heterocycles. The first-order valence-corrected chi connectivity index (χ1v) is 10.2. The molecule has 5 nitrogen and oxygen atoms in total. The molecule has 0 bridgehead atoms. The molecular weight excluding hydrogens is 417 g/mol. The lowest BCUT2D eigenvalue weighted by Gasteiger charge is -2.08. The topological polar surface area (TPSA) is 58.0 Å². The molecule has 0 spiro atoms. The third kappa shape index (κ3) is 3.65. The lowest BCUT2D eigenvalue weighted by molar-refractivity contribution is 0.836. The second-order valence-electron chi connectivity index (χ2n) is 6.94. The molecule has 5 aromatic rings. The van der Waals surface area contributed by atoms with Gasteiger partial charge in [0.15, 0.2) is 0 Å². The zero-order chi connectivity index (χ0) is 20.5. The van der Waals surface area contributed by atoms with Crippen LogP contribution >= 0.6 is 23.2 Å². The van der Waals surface area contributed by atoms with E-state index < -0.39 is 0 Å². The summed E-state index contributed by atoms with van der Waals surface area (Å²) >= 11 is 12.4. The van der Waals surface area contributed by atoms with Gasteiger partial charge in [0.05, 0.1) is 17.2 Å². The number of hydrazone groups is 1. The molecule has 0 saturated carbocycles. The molecule has 0 aliphatic carbocycles. The van der Waals surface area contributed by atoms with Gasteiger partial charge in [0.25, 0.3) is 0 Å². The van der Waals surface area contributed by atoms with Gasteiger partial charge in [0, 0.05) is 39.3 Å². The highest BCUT2D eigenvalue weighted by Crippen LogP contribution is 2.25. The van der Waals surface area contributed by atoms with Crippen molar-refractivity contribution in [3.05, 3.63) is 94.1 Å². The summed E-state index contributed by atoms with van der Waals surface area (Å²) < 4.78 is 2.16. The summed E-state index contributed by atoms with van der Waals surface area (Å²) in [5.41, 5.74) is 7.95. The quantitative estimate of drug-likeness (QED) is 0.251. The van der Waals surface area contributed by atoms with Gasteiger partial charge < -0.3 is 9.55 Å². The highest BCUT2D eigenvalue weighted by Gasteiger charge is 2.09. The van der Waals surface area contributed by atoms with Crippen LogP contribution in [0.3, 0.4) is 0 Å². The minimum Gasteiger partial charge on any atom is -0.342 e. The highest BCUT2D eigenvalue weighted by molar-refractivity contribution is 6.35. The van der Waals surface area contributed by atoms with Crippen LogP contribution in [0.25, 0.3) is 21.9 Å². The number of hydrogen-bond acceptors (Lipinski definition) is 3. The van der Waals surface area contributed by atoms with Gasteiger partial charge in [-0.3, -0.25) is 0 Å². The van der Waals surface area contributed by atoms with E-state index in [1.54, 1.807) is 12.3 Å². The van der Waals surface area contributed by atoms with Gasteiger partial charge in [-0.05, 0) is 35.9 Å². The molecule has 30 heavy (non-hydrogen) atoms. The van der Waals surface area contributed by atoms with Crippen molar-refractivity contribution in [1.82, 2.24) is 14.5 Å². The number of imidazole rings is 1. The van der Waals surface area contributed by atoms with Crippen molar-refractivity contribution in [2.45, 2.75) is 6.54 Å². The van der Waals surface area contributed by atoms with Crippen molar-refractivity contribution in [3.8, 4) is 0 Å². The van der Waals surface area contributed by atoms with Crippen molar-refractivity contribution >= 4 is 57.3 Å². The first-order valence-electron chi connectivity index (χ1n) is 9.43. The molecule has 0 unspecified atom stereocenters. The maximum absolute atomic E-state index is 6.38. The zero-order valence-corrected chi connectivity index (χ0v) is 17.3. The van der Waals surface area contributed by atoms with Crippen LogP contribution in [0.2, 0.25) is 10.0 Å². The Morgan fingerprint density at radius 3 is 2.73 bits per heavy atom. The molecule has 0 amide bonds. The SMILES string of the molecule is Clc1ccc(Cn2cc(/C=N\Nc3nc4ccccc4[nH]3)c3ccccc32)c(Cl)c1. The van der Waals surface area contributed by atoms with Crippen molar-refractivity contribution in [1.29, 1.82) is 0 Å². The Morgan fingerprint density at radius 2 is 1.87 bits per heavy atom. The third-order valence-electron chi connectivity index (χ3n) is 4.94. The van der Waals surface area contributed by atoms with Crippen LogP contribution in [0.15, 0.2) is 78.0 Å². The number of hydrogen-bond donors (Lipinski definition) is 2. The second kappa shape index (κ2) is 7.86. The van der Waals surface area contributed by atoms with E-state index in [4.69, 9.17) is 23.2 Å². The molecule has 5 rings (SSSR count). The summed E-state index contributed by atoms with van der Waals surface area (Å²) in [5, 5.41) is 6.78. The number of anilines is 1. The Hall–Kier alpha value is -3.28. The van der Waals surface area contributed by atoms with Gasteiger partial charge >= 0.3 is 0 Å². The number of halogens is 2. The average Bonchev–Trinajstić information content (AvgIpc) is 3.31. The lowest BCUT2D eigenvalue weighted by atomic mass is 10.2. The number of fused-ring (bicyclic) bond motifs is 2. The van der Waals surface area contributed by atoms with E-state index in [2.05, 4.69) is 43.4 Å². The number of nitrogens with zero attached hydrogens (tertiary/aromatic N) is 3. The second-order valence-corrected chi connectivity index (χ2v) is 7.78. The minimum absolute atomic E-state index is 0.601. The van der Waals surface area contributed by atoms with Crippen LogP contribution in [-0.4, -0.2) is 20.7 Å². The van der Waals surface area contributed by atoms with Crippen LogP contribution < -0.4 is 5.43 Å². The van der Waals surface area contributed by atoms with E-state index in [0.29, 0.717) is 22.5 Å². The predicted octanol–water partition coefficient (Wildman–Crippen LogP) is 6.32. The summed E-state index contributed by atoms with van der Waals surface area (Å²) in [6.07, 6.45) is 3.87. The number of para-hydroxylation sites is 3. The maximum Gasteiger partial charge on any atom is 0.222 e. The fraction of sp³-hybridized carbons (Fsp3) is 0.0435. The number of aromatic amines is 1. The summed E-state index contributed by atoms with van der Waals surface area (Å²) in [5.74, 6) is 0.601. The molecule has 0 fully saturated rings. The van der Waals surface area contributed by atoms with Crippen LogP contribution in [0, 0.1) is 0 Å². The molecule has 7 heteroatoms. The number of rotatable bonds is 5. The summed E-state index contributed by atoms with van der Waals surface area (Å²) in [6, 6.07) is 21.6. The zero-order valence-electron chi connectivity index (χ0n) is 15.8. The molecule has 2 N–H and O–H groups in total. The molecule has 2 aromatic heterocycles. The normalized spacial score (nSPS) is 11.7. The Morgan fingerprint density at radius 1 is 1.03 bits per heavy atom. The summed E-state index contributed by atoms with van der Waals surface area (Å²) in [7, 11) is 0. The average molecular weight is 434 g/mol. The molecule has 0 aliphatic heterocycles. The van der Waals surface area contributed by atoms with Crippen molar-refractivity contribution < 1.29 is 0 Å². The fourth-order valence-corrected chi connectivity index (χ4v) is 3.98. The minimum atomic E-state index is 0.601. The molecule has 0 atom stereocenters. The lowest BCUT2D eigenvalue weighted by Crippen LogP contribution is -1.98. The van der Waals surface area contributed by atoms with Gasteiger partial charge in [-0.2, -0.15) is 5.10 Å². The number of H-pyrrole nitrogens is 1. The monoisotopic (exact) mass is 433 g/mol. The number of nitrogens with one attached hydrogen (secondary N) is 2. The predicted molar refractivity (Wildman–Crippen MR) is 125 cm³/mol. The van der Waals surface area contributed by atoms with Crippen LogP contribution in [-0.2, 0) is 6.54 Å². The van der Waals surface area contributed by atoms with Crippen LogP contribution in [0.1, 0.15) is 11.1 Å². The van der Waals surface area contributed by atoms with Gasteiger partial charge in [-0.1, -0.05) is 59.6 Å². The molecule has 0 radical (unpaired) electrons. The van der Waals surface area contributed by atoms with E-state index in [1.807, 2.05) is 48.5 Å². The first kappa shape index (κ1) is 18.7. The standard InChI is InChI=1S/C23H17Cl2N5/c24-17-10-9-15(19(25)11-17)13-30-14-16(18-5-1-4-8-22(18)30)12-26-29-23-27-20-6-2-3-7-21(20)28-23/h1-12,14H,13H2,(H2,27,28,29)/b26-12-. The van der Waals surface area contributed by atoms with E-state index >= 15 is 0 Å². The van der Waals surface area contributed by atoms with Gasteiger partial charge in [0.1, 0.15) is 0 Å². The third-order valence-corrected chi connectivity index (χ3v) is 5.53. The Bertz CT molecular complexity index is 1350. The number of aromatic nitrogens is 3. The molecule has 0 aliphatic rings. The Kier molecular flexibility index (Phi) is 4.91. The van der Waals surface area contributed by atoms with Crippen molar-refractivity contribution in [2.24, 2.45) is 5.10 Å². The molecular formula is C23H17Cl2N5. The van der Waals surface area contributed by atoms with Gasteiger partial charge in [-0.15, -0.1) is 0 Å². The highest BCUT2D eigenvalue weighted by atomic mass is 35.5. The summed E-state index contributed by atoms with van der Waals surface area (Å²) in [6.45, 7) is 0.640. The maximum atomic E-state index is 6.38. The van der Waals surface area contributed by atoms with E-state index in [-0.39, 0.29) is 0 Å². The Labute approximate surface area is 183 Å². The molecule has 2 heterocycles. The smallest absolute Gasteiger partial charge is 0.222 e. The fourth-order valence-electron chi connectivity index (χ4n) is 3.51. The van der Waals surface area contributed by atoms with Gasteiger partial charge in [-0.25, -0.2) is 10.4 Å².